The third-order valence-corrected chi connectivity index (χ3v) is 1.93. The lowest BCUT2D eigenvalue weighted by molar-refractivity contribution is 0.178. The minimum Gasteiger partial charge on any atom is -0.394 e. The number of aromatic nitrogens is 2. The van der Waals surface area contributed by atoms with Gasteiger partial charge in [-0.1, -0.05) is 0 Å². The number of aliphatic hydroxyl groups excluding tert-OH is 1. The molecule has 1 heterocycles. The van der Waals surface area contributed by atoms with Crippen LogP contribution in [0.2, 0.25) is 0 Å². The van der Waals surface area contributed by atoms with Crippen LogP contribution in [0.1, 0.15) is 19.7 Å². The van der Waals surface area contributed by atoms with E-state index in [2.05, 4.69) is 15.3 Å². The van der Waals surface area contributed by atoms with E-state index in [-0.39, 0.29) is 6.61 Å². The number of nitrogens with one attached hydrogen (secondary N) is 1. The van der Waals surface area contributed by atoms with Crippen molar-refractivity contribution in [2.75, 3.05) is 24.8 Å². The average molecular weight is 226 g/mol. The number of aliphatic hydroxyl groups is 1. The summed E-state index contributed by atoms with van der Waals surface area (Å²) in [7, 11) is 1.57. The number of rotatable bonds is 5. The molecule has 0 amide bonds. The van der Waals surface area contributed by atoms with E-state index < -0.39 is 5.54 Å². The molecule has 1 rings (SSSR count). The van der Waals surface area contributed by atoms with Crippen LogP contribution in [0, 0.1) is 0 Å². The second-order valence-corrected chi connectivity index (χ2v) is 4.19. The highest BCUT2D eigenvalue weighted by Crippen LogP contribution is 2.14. The van der Waals surface area contributed by atoms with E-state index in [0.29, 0.717) is 24.1 Å². The Morgan fingerprint density at radius 2 is 2.19 bits per heavy atom. The molecule has 1 aromatic rings. The minimum atomic E-state index is -0.453. The molecule has 0 saturated heterocycles. The van der Waals surface area contributed by atoms with Crippen LogP contribution >= 0.6 is 0 Å². The van der Waals surface area contributed by atoms with Crippen molar-refractivity contribution in [3.63, 3.8) is 0 Å². The van der Waals surface area contributed by atoms with Crippen molar-refractivity contribution in [1.82, 2.24) is 9.97 Å². The second-order valence-electron chi connectivity index (χ2n) is 4.19. The lowest BCUT2D eigenvalue weighted by Crippen LogP contribution is -2.35. The first-order valence-corrected chi connectivity index (χ1v) is 4.98. The van der Waals surface area contributed by atoms with Gasteiger partial charge in [0.2, 0.25) is 0 Å². The molecule has 0 aliphatic heterocycles. The van der Waals surface area contributed by atoms with Gasteiger partial charge in [0.15, 0.2) is 5.82 Å². The molecule has 0 bridgehead atoms. The van der Waals surface area contributed by atoms with Crippen LogP contribution < -0.4 is 11.1 Å². The summed E-state index contributed by atoms with van der Waals surface area (Å²) in [5.41, 5.74) is 5.19. The van der Waals surface area contributed by atoms with E-state index in [4.69, 9.17) is 15.6 Å². The normalized spacial score (nSPS) is 11.5. The first-order chi connectivity index (χ1) is 7.46. The summed E-state index contributed by atoms with van der Waals surface area (Å²) in [5, 5.41) is 12.2. The molecule has 0 spiro atoms. The van der Waals surface area contributed by atoms with Gasteiger partial charge in [0.1, 0.15) is 18.2 Å². The Bertz CT molecular complexity index is 355. The first-order valence-electron chi connectivity index (χ1n) is 4.98. The second kappa shape index (κ2) is 5.09. The Kier molecular flexibility index (Phi) is 4.03. The van der Waals surface area contributed by atoms with E-state index in [9.17, 15) is 0 Å². The van der Waals surface area contributed by atoms with E-state index in [1.165, 1.54) is 0 Å². The molecule has 6 nitrogen and oxygen atoms in total. The highest BCUT2D eigenvalue weighted by molar-refractivity contribution is 5.46. The molecule has 0 fully saturated rings. The van der Waals surface area contributed by atoms with Gasteiger partial charge in [0, 0.05) is 13.2 Å². The van der Waals surface area contributed by atoms with Crippen molar-refractivity contribution in [2.45, 2.75) is 26.0 Å². The Balaban J connectivity index is 2.87. The maximum absolute atomic E-state index is 9.14. The van der Waals surface area contributed by atoms with Crippen LogP contribution in [-0.2, 0) is 11.3 Å². The number of hydrogen-bond acceptors (Lipinski definition) is 6. The van der Waals surface area contributed by atoms with E-state index in [1.807, 2.05) is 13.8 Å². The van der Waals surface area contributed by atoms with Crippen LogP contribution in [0.3, 0.4) is 0 Å². The van der Waals surface area contributed by atoms with Crippen molar-refractivity contribution in [1.29, 1.82) is 0 Å². The number of nitrogens with zero attached hydrogens (tertiary/aromatic N) is 2. The molecule has 6 heteroatoms. The first kappa shape index (κ1) is 12.7. The highest BCUT2D eigenvalue weighted by atomic mass is 16.5. The lowest BCUT2D eigenvalue weighted by atomic mass is 10.1. The summed E-state index contributed by atoms with van der Waals surface area (Å²) in [4.78, 5) is 8.24. The van der Waals surface area contributed by atoms with Gasteiger partial charge in [0.25, 0.3) is 0 Å². The van der Waals surface area contributed by atoms with Crippen molar-refractivity contribution >= 4 is 11.6 Å². The van der Waals surface area contributed by atoms with Crippen LogP contribution in [0.25, 0.3) is 0 Å². The molecule has 4 N–H and O–H groups in total. The number of anilines is 2. The number of methoxy groups -OCH3 is 1. The van der Waals surface area contributed by atoms with Gasteiger partial charge < -0.3 is 20.9 Å². The van der Waals surface area contributed by atoms with Crippen LogP contribution in [-0.4, -0.2) is 34.3 Å². The molecular formula is C10H18N4O2. The summed E-state index contributed by atoms with van der Waals surface area (Å²) in [6.07, 6.45) is 0. The molecule has 0 radical (unpaired) electrons. The molecular weight excluding hydrogens is 208 g/mol. The molecule has 0 unspecified atom stereocenters. The Hall–Kier alpha value is -1.40. The van der Waals surface area contributed by atoms with Gasteiger partial charge in [-0.25, -0.2) is 9.97 Å². The van der Waals surface area contributed by atoms with Crippen molar-refractivity contribution in [3.05, 3.63) is 11.9 Å². The fourth-order valence-electron chi connectivity index (χ4n) is 1.16. The van der Waals surface area contributed by atoms with Crippen molar-refractivity contribution in [2.24, 2.45) is 0 Å². The van der Waals surface area contributed by atoms with Gasteiger partial charge >= 0.3 is 0 Å². The van der Waals surface area contributed by atoms with E-state index in [1.54, 1.807) is 13.2 Å². The van der Waals surface area contributed by atoms with E-state index in [0.717, 1.165) is 0 Å². The summed E-state index contributed by atoms with van der Waals surface area (Å²) >= 11 is 0. The maximum Gasteiger partial charge on any atom is 0.158 e. The van der Waals surface area contributed by atoms with Crippen molar-refractivity contribution < 1.29 is 9.84 Å². The smallest absolute Gasteiger partial charge is 0.158 e. The van der Waals surface area contributed by atoms with Gasteiger partial charge in [-0.15, -0.1) is 0 Å². The van der Waals surface area contributed by atoms with Crippen LogP contribution in [0.4, 0.5) is 11.6 Å². The van der Waals surface area contributed by atoms with Gasteiger partial charge in [0.05, 0.1) is 12.1 Å². The fraction of sp³-hybridized carbons (Fsp3) is 0.600. The summed E-state index contributed by atoms with van der Waals surface area (Å²) in [6.45, 7) is 4.03. The van der Waals surface area contributed by atoms with E-state index >= 15 is 0 Å². The van der Waals surface area contributed by atoms with Gasteiger partial charge in [-0.3, -0.25) is 0 Å². The molecule has 0 aliphatic rings. The Morgan fingerprint density at radius 3 is 2.75 bits per heavy atom. The molecule has 0 atom stereocenters. The van der Waals surface area contributed by atoms with Gasteiger partial charge in [-0.05, 0) is 13.8 Å². The summed E-state index contributed by atoms with van der Waals surface area (Å²) in [5.74, 6) is 1.47. The van der Waals surface area contributed by atoms with Crippen LogP contribution in [0.5, 0.6) is 0 Å². The molecule has 0 aromatic carbocycles. The fourth-order valence-corrected chi connectivity index (χ4v) is 1.16. The largest absolute Gasteiger partial charge is 0.394 e. The standard InChI is InChI=1S/C10H18N4O2/c1-10(2,6-15)14-8-4-7(11)12-9(13-8)5-16-3/h4,15H,5-6H2,1-3H3,(H3,11,12,13,14). The monoisotopic (exact) mass is 226 g/mol. The van der Waals surface area contributed by atoms with Crippen molar-refractivity contribution in [3.8, 4) is 0 Å². The molecule has 90 valence electrons. The topological polar surface area (TPSA) is 93.3 Å². The summed E-state index contributed by atoms with van der Waals surface area (Å²) in [6, 6.07) is 1.62. The lowest BCUT2D eigenvalue weighted by Gasteiger charge is -2.24. The zero-order chi connectivity index (χ0) is 12.2. The number of hydrogen-bond donors (Lipinski definition) is 3. The molecule has 0 saturated carbocycles. The predicted octanol–water partition coefficient (Wildman–Crippen LogP) is 0.388. The number of nitrogens with two attached hydrogens (primary N) is 1. The zero-order valence-corrected chi connectivity index (χ0v) is 9.82. The third-order valence-electron chi connectivity index (χ3n) is 1.93. The predicted molar refractivity (Wildman–Crippen MR) is 61.9 cm³/mol. The number of nitrogen functional groups attached to an aromatic ring is 1. The highest BCUT2D eigenvalue weighted by Gasteiger charge is 2.17. The minimum absolute atomic E-state index is 0.00345. The Labute approximate surface area is 94.9 Å². The quantitative estimate of drug-likeness (QED) is 0.672. The molecule has 0 aliphatic carbocycles. The summed E-state index contributed by atoms with van der Waals surface area (Å²) < 4.78 is 4.94. The SMILES string of the molecule is COCc1nc(N)cc(NC(C)(C)CO)n1. The molecule has 16 heavy (non-hydrogen) atoms. The van der Waals surface area contributed by atoms with Crippen LogP contribution in [0.15, 0.2) is 6.07 Å². The average Bonchev–Trinajstić information content (AvgIpc) is 2.16. The molecule has 1 aromatic heterocycles. The third kappa shape index (κ3) is 3.63. The maximum atomic E-state index is 9.14. The Morgan fingerprint density at radius 1 is 1.50 bits per heavy atom. The van der Waals surface area contributed by atoms with Gasteiger partial charge in [-0.2, -0.15) is 0 Å². The number of ether oxygens (including phenoxy) is 1. The zero-order valence-electron chi connectivity index (χ0n) is 9.82.